The third-order valence-corrected chi connectivity index (χ3v) is 4.75. The van der Waals surface area contributed by atoms with E-state index in [9.17, 15) is 9.59 Å². The number of benzene rings is 1. The van der Waals surface area contributed by atoms with Crippen molar-refractivity contribution in [2.24, 2.45) is 0 Å². The van der Waals surface area contributed by atoms with E-state index in [1.807, 2.05) is 18.2 Å². The highest BCUT2D eigenvalue weighted by atomic mass is 16.2. The predicted octanol–water partition coefficient (Wildman–Crippen LogP) is 2.41. The van der Waals surface area contributed by atoms with Crippen molar-refractivity contribution in [3.05, 3.63) is 74.6 Å². The van der Waals surface area contributed by atoms with Crippen LogP contribution in [0.3, 0.4) is 0 Å². The summed E-state index contributed by atoms with van der Waals surface area (Å²) in [5.74, 6) is 0. The number of hydrogen-bond acceptors (Lipinski definition) is 2. The number of para-hydroxylation sites is 1. The second-order valence-corrected chi connectivity index (χ2v) is 6.22. The number of rotatable bonds is 1. The normalized spacial score (nSPS) is 20.1. The van der Waals surface area contributed by atoms with Crippen LogP contribution >= 0.6 is 0 Å². The Morgan fingerprint density at radius 3 is 2.65 bits per heavy atom. The Morgan fingerprint density at radius 1 is 1.09 bits per heavy atom. The van der Waals surface area contributed by atoms with Crippen molar-refractivity contribution >= 4 is 0 Å². The van der Waals surface area contributed by atoms with E-state index in [0.717, 1.165) is 19.3 Å². The SMILES string of the molecule is CC1=C2C=CCCCC2n2c(=O)n(-c3ccccc3)c(=O)n2C1. The van der Waals surface area contributed by atoms with Gasteiger partial charge in [0, 0.05) is 0 Å². The standard InChI is InChI=1S/C18H19N3O2/c1-13-12-19-17(22)20(14-8-4-2-5-9-14)18(23)21(19)16-11-7-3-6-10-15(13)16/h2,4-6,8-10,16H,3,7,11-12H2,1H3. The molecule has 1 aromatic carbocycles. The topological polar surface area (TPSA) is 48.9 Å². The molecule has 0 saturated carbocycles. The Labute approximate surface area is 133 Å². The van der Waals surface area contributed by atoms with Gasteiger partial charge in [-0.25, -0.2) is 23.5 Å². The van der Waals surface area contributed by atoms with Crippen LogP contribution in [0.1, 0.15) is 32.2 Å². The van der Waals surface area contributed by atoms with E-state index in [1.165, 1.54) is 15.7 Å². The summed E-state index contributed by atoms with van der Waals surface area (Å²) in [5, 5.41) is 0. The Balaban J connectivity index is 1.96. The van der Waals surface area contributed by atoms with E-state index >= 15 is 0 Å². The van der Waals surface area contributed by atoms with Crippen LogP contribution in [0.25, 0.3) is 5.69 Å². The second-order valence-electron chi connectivity index (χ2n) is 6.22. The predicted molar refractivity (Wildman–Crippen MR) is 89.0 cm³/mol. The number of aromatic nitrogens is 3. The van der Waals surface area contributed by atoms with Gasteiger partial charge in [0.2, 0.25) is 0 Å². The van der Waals surface area contributed by atoms with Crippen LogP contribution < -0.4 is 11.4 Å². The molecule has 23 heavy (non-hydrogen) atoms. The van der Waals surface area contributed by atoms with Gasteiger partial charge in [0.1, 0.15) is 0 Å². The molecule has 0 N–H and O–H groups in total. The fourth-order valence-corrected chi connectivity index (χ4v) is 3.64. The number of nitrogens with zero attached hydrogens (tertiary/aromatic N) is 3. The van der Waals surface area contributed by atoms with Crippen molar-refractivity contribution in [1.82, 2.24) is 13.9 Å². The van der Waals surface area contributed by atoms with E-state index in [0.29, 0.717) is 12.2 Å². The van der Waals surface area contributed by atoms with Crippen molar-refractivity contribution in [3.63, 3.8) is 0 Å². The molecule has 5 nitrogen and oxygen atoms in total. The number of fused-ring (bicyclic) bond motifs is 3. The first kappa shape index (κ1) is 14.1. The second kappa shape index (κ2) is 5.26. The van der Waals surface area contributed by atoms with Crippen LogP contribution in [0.2, 0.25) is 0 Å². The molecular formula is C18H19N3O2. The Hall–Kier alpha value is -2.56. The molecule has 0 bridgehead atoms. The van der Waals surface area contributed by atoms with Gasteiger partial charge in [-0.05, 0) is 49.5 Å². The highest BCUT2D eigenvalue weighted by Gasteiger charge is 2.30. The first-order valence-corrected chi connectivity index (χ1v) is 8.04. The molecule has 0 amide bonds. The van der Waals surface area contributed by atoms with Gasteiger partial charge >= 0.3 is 11.4 Å². The fourth-order valence-electron chi connectivity index (χ4n) is 3.64. The zero-order valence-corrected chi connectivity index (χ0v) is 13.1. The first-order chi connectivity index (χ1) is 11.2. The van der Waals surface area contributed by atoms with Gasteiger partial charge in [0.25, 0.3) is 0 Å². The minimum Gasteiger partial charge on any atom is -0.245 e. The summed E-state index contributed by atoms with van der Waals surface area (Å²) < 4.78 is 4.54. The molecule has 5 heteroatoms. The Morgan fingerprint density at radius 2 is 1.87 bits per heavy atom. The van der Waals surface area contributed by atoms with Crippen LogP contribution in [-0.2, 0) is 6.54 Å². The van der Waals surface area contributed by atoms with E-state index in [4.69, 9.17) is 0 Å². The smallest absolute Gasteiger partial charge is 0.245 e. The molecule has 0 spiro atoms. The van der Waals surface area contributed by atoms with E-state index in [1.54, 1.807) is 21.5 Å². The lowest BCUT2D eigenvalue weighted by Crippen LogP contribution is -2.35. The summed E-state index contributed by atoms with van der Waals surface area (Å²) in [7, 11) is 0. The zero-order valence-electron chi connectivity index (χ0n) is 13.1. The number of hydrogen-bond donors (Lipinski definition) is 0. The number of allylic oxidation sites excluding steroid dienone is 4. The Kier molecular flexibility index (Phi) is 3.22. The van der Waals surface area contributed by atoms with Gasteiger partial charge < -0.3 is 0 Å². The van der Waals surface area contributed by atoms with Crippen LogP contribution in [0, 0.1) is 0 Å². The lowest BCUT2D eigenvalue weighted by atomic mass is 9.97. The first-order valence-electron chi connectivity index (χ1n) is 8.04. The molecule has 1 aromatic heterocycles. The molecule has 2 aliphatic rings. The van der Waals surface area contributed by atoms with Gasteiger partial charge in [-0.1, -0.05) is 30.4 Å². The summed E-state index contributed by atoms with van der Waals surface area (Å²) >= 11 is 0. The molecule has 2 heterocycles. The van der Waals surface area contributed by atoms with Crippen LogP contribution in [0.15, 0.2) is 63.2 Å². The van der Waals surface area contributed by atoms with Crippen molar-refractivity contribution in [2.45, 2.75) is 38.8 Å². The zero-order chi connectivity index (χ0) is 16.0. The van der Waals surface area contributed by atoms with Gasteiger partial charge in [-0.2, -0.15) is 0 Å². The van der Waals surface area contributed by atoms with Crippen molar-refractivity contribution in [3.8, 4) is 5.69 Å². The molecule has 2 aromatic rings. The third kappa shape index (κ3) is 2.07. The summed E-state index contributed by atoms with van der Waals surface area (Å²) in [5.41, 5.74) is 2.48. The maximum absolute atomic E-state index is 13.0. The van der Waals surface area contributed by atoms with Crippen molar-refractivity contribution < 1.29 is 0 Å². The van der Waals surface area contributed by atoms with E-state index < -0.39 is 0 Å². The molecule has 1 aliphatic carbocycles. The molecule has 0 saturated heterocycles. The summed E-state index contributed by atoms with van der Waals surface area (Å²) in [6, 6.07) is 9.11. The van der Waals surface area contributed by atoms with Gasteiger partial charge in [0.05, 0.1) is 18.3 Å². The van der Waals surface area contributed by atoms with Gasteiger partial charge in [0.15, 0.2) is 0 Å². The van der Waals surface area contributed by atoms with Crippen molar-refractivity contribution in [1.29, 1.82) is 0 Å². The maximum Gasteiger partial charge on any atom is 0.352 e. The van der Waals surface area contributed by atoms with Gasteiger partial charge in [-0.3, -0.25) is 0 Å². The molecular weight excluding hydrogens is 290 g/mol. The van der Waals surface area contributed by atoms with E-state index in [-0.39, 0.29) is 17.4 Å². The van der Waals surface area contributed by atoms with Crippen LogP contribution in [0.5, 0.6) is 0 Å². The minimum atomic E-state index is -0.257. The summed E-state index contributed by atoms with van der Waals surface area (Å²) in [4.78, 5) is 25.8. The van der Waals surface area contributed by atoms with Crippen LogP contribution in [-0.4, -0.2) is 13.9 Å². The molecule has 1 unspecified atom stereocenters. The Bertz CT molecular complexity index is 925. The molecule has 0 fully saturated rings. The highest BCUT2D eigenvalue weighted by molar-refractivity contribution is 5.34. The largest absolute Gasteiger partial charge is 0.352 e. The van der Waals surface area contributed by atoms with Gasteiger partial charge in [-0.15, -0.1) is 0 Å². The summed E-state index contributed by atoms with van der Waals surface area (Å²) in [6.45, 7) is 2.53. The lowest BCUT2D eigenvalue weighted by molar-refractivity contribution is 0.361. The minimum absolute atomic E-state index is 0.0346. The molecule has 118 valence electrons. The monoisotopic (exact) mass is 309 g/mol. The third-order valence-electron chi connectivity index (χ3n) is 4.75. The van der Waals surface area contributed by atoms with Crippen LogP contribution in [0.4, 0.5) is 0 Å². The molecule has 1 atom stereocenters. The average Bonchev–Trinajstić information content (AvgIpc) is 2.74. The van der Waals surface area contributed by atoms with Crippen molar-refractivity contribution in [2.75, 3.05) is 0 Å². The average molecular weight is 309 g/mol. The highest BCUT2D eigenvalue weighted by Crippen LogP contribution is 2.32. The molecule has 0 radical (unpaired) electrons. The lowest BCUT2D eigenvalue weighted by Gasteiger charge is -2.27. The molecule has 1 aliphatic heterocycles. The van der Waals surface area contributed by atoms with E-state index in [2.05, 4.69) is 19.1 Å². The quantitative estimate of drug-likeness (QED) is 0.812. The molecule has 4 rings (SSSR count). The fraction of sp³-hybridized carbons (Fsp3) is 0.333. The maximum atomic E-state index is 13.0. The summed E-state index contributed by atoms with van der Waals surface area (Å²) in [6.07, 6.45) is 7.23.